The first-order chi connectivity index (χ1) is 17.2. The molecular formula is C29H40N2O2S2. The fourth-order valence-electron chi connectivity index (χ4n) is 5.17. The van der Waals surface area contributed by atoms with Crippen LogP contribution in [0.25, 0.3) is 11.4 Å². The van der Waals surface area contributed by atoms with Gasteiger partial charge >= 0.3 is 5.97 Å². The van der Waals surface area contributed by atoms with Crippen molar-refractivity contribution in [3.8, 4) is 17.1 Å². The fourth-order valence-corrected chi connectivity index (χ4v) is 8.24. The molecule has 1 aliphatic heterocycles. The van der Waals surface area contributed by atoms with Crippen molar-refractivity contribution in [3.05, 3.63) is 42.2 Å². The van der Waals surface area contributed by atoms with Crippen molar-refractivity contribution >= 4 is 29.5 Å². The molecule has 1 saturated heterocycles. The Morgan fingerprint density at radius 2 is 1.60 bits per heavy atom. The molecule has 0 N–H and O–H groups in total. The first kappa shape index (κ1) is 26.5. The van der Waals surface area contributed by atoms with Crippen LogP contribution in [0.2, 0.25) is 0 Å². The van der Waals surface area contributed by atoms with Crippen molar-refractivity contribution in [2.75, 3.05) is 11.5 Å². The molecule has 2 aliphatic rings. The van der Waals surface area contributed by atoms with Gasteiger partial charge in [-0.3, -0.25) is 4.79 Å². The summed E-state index contributed by atoms with van der Waals surface area (Å²) in [5, 5.41) is 0. The number of carbonyl (C=O) groups excluding carboxylic acids is 1. The Balaban J connectivity index is 1.25. The van der Waals surface area contributed by atoms with E-state index < -0.39 is 0 Å². The summed E-state index contributed by atoms with van der Waals surface area (Å²) in [6, 6.07) is 7.61. The monoisotopic (exact) mass is 512 g/mol. The van der Waals surface area contributed by atoms with Crippen LogP contribution in [0.4, 0.5) is 0 Å². The second-order valence-electron chi connectivity index (χ2n) is 10.1. The van der Waals surface area contributed by atoms with Crippen molar-refractivity contribution in [3.63, 3.8) is 0 Å². The lowest BCUT2D eigenvalue weighted by Gasteiger charge is -2.28. The highest BCUT2D eigenvalue weighted by molar-refractivity contribution is 8.17. The standard InChI is InChI=1S/C29H40N2O2S2/c1-3-5-6-8-27-34-19-25(20-35-27)29(32)33-26-15-13-23(14-16-26)28-30-17-24(18-31-28)22-11-9-21(7-4-2)10-12-22/h13-18,21-22,25,27H,3-12,19-20H2,1-2H3/t21-,22-,25?,27?. The van der Waals surface area contributed by atoms with Gasteiger partial charge in [0.2, 0.25) is 0 Å². The molecule has 0 spiro atoms. The number of hydrogen-bond donors (Lipinski definition) is 0. The Labute approximate surface area is 219 Å². The predicted octanol–water partition coefficient (Wildman–Crippen LogP) is 8.13. The van der Waals surface area contributed by atoms with Crippen molar-refractivity contribution in [1.82, 2.24) is 9.97 Å². The lowest BCUT2D eigenvalue weighted by atomic mass is 9.78. The number of ether oxygens (including phenoxy) is 1. The zero-order chi connectivity index (χ0) is 24.5. The molecule has 1 saturated carbocycles. The number of benzene rings is 1. The number of esters is 1. The molecule has 4 rings (SSSR count). The molecule has 0 atom stereocenters. The van der Waals surface area contributed by atoms with Gasteiger partial charge in [-0.25, -0.2) is 9.97 Å². The van der Waals surface area contributed by atoms with E-state index in [4.69, 9.17) is 4.74 Å². The summed E-state index contributed by atoms with van der Waals surface area (Å²) in [6.07, 6.45) is 16.9. The number of thioether (sulfide) groups is 2. The van der Waals surface area contributed by atoms with E-state index in [2.05, 4.69) is 23.8 Å². The molecule has 2 aromatic rings. The Morgan fingerprint density at radius 3 is 2.23 bits per heavy atom. The third kappa shape index (κ3) is 7.72. The van der Waals surface area contributed by atoms with Gasteiger partial charge in [-0.05, 0) is 73.8 Å². The molecule has 0 bridgehead atoms. The van der Waals surface area contributed by atoms with Crippen LogP contribution in [0.1, 0.15) is 89.5 Å². The van der Waals surface area contributed by atoms with Gasteiger partial charge in [0.05, 0.1) is 10.5 Å². The number of unbranched alkanes of at least 4 members (excludes halogenated alkanes) is 2. The van der Waals surface area contributed by atoms with Crippen LogP contribution in [0.5, 0.6) is 5.75 Å². The van der Waals surface area contributed by atoms with Crippen molar-refractivity contribution in [1.29, 1.82) is 0 Å². The van der Waals surface area contributed by atoms with E-state index in [1.807, 2.05) is 60.2 Å². The minimum absolute atomic E-state index is 0.0278. The van der Waals surface area contributed by atoms with Crippen LogP contribution in [0, 0.1) is 11.8 Å². The zero-order valence-electron chi connectivity index (χ0n) is 21.3. The molecule has 1 aromatic carbocycles. The summed E-state index contributed by atoms with van der Waals surface area (Å²) in [5.74, 6) is 4.41. The maximum absolute atomic E-state index is 12.7. The van der Waals surface area contributed by atoms with Gasteiger partial charge in [-0.1, -0.05) is 46.0 Å². The van der Waals surface area contributed by atoms with Crippen LogP contribution >= 0.6 is 23.5 Å². The van der Waals surface area contributed by atoms with Gasteiger partial charge in [0, 0.05) is 29.5 Å². The average Bonchev–Trinajstić information content (AvgIpc) is 2.90. The molecule has 0 unspecified atom stereocenters. The largest absolute Gasteiger partial charge is 0.426 e. The fraction of sp³-hybridized carbons (Fsp3) is 0.621. The first-order valence-corrected chi connectivity index (χ1v) is 15.6. The second-order valence-corrected chi connectivity index (χ2v) is 12.9. The molecule has 4 nitrogen and oxygen atoms in total. The summed E-state index contributed by atoms with van der Waals surface area (Å²) >= 11 is 3.84. The molecule has 1 aliphatic carbocycles. The van der Waals surface area contributed by atoms with Crippen molar-refractivity contribution in [2.24, 2.45) is 11.8 Å². The second kappa shape index (κ2) is 13.7. The van der Waals surface area contributed by atoms with E-state index in [-0.39, 0.29) is 11.9 Å². The smallest absolute Gasteiger partial charge is 0.316 e. The molecule has 0 amide bonds. The van der Waals surface area contributed by atoms with E-state index in [0.717, 1.165) is 28.8 Å². The van der Waals surface area contributed by atoms with Gasteiger partial charge in [0.1, 0.15) is 5.75 Å². The van der Waals surface area contributed by atoms with Crippen molar-refractivity contribution < 1.29 is 9.53 Å². The molecule has 0 radical (unpaired) electrons. The quantitative estimate of drug-likeness (QED) is 0.182. The van der Waals surface area contributed by atoms with E-state index >= 15 is 0 Å². The third-order valence-electron chi connectivity index (χ3n) is 7.36. The Hall–Kier alpha value is -1.53. The number of rotatable bonds is 10. The maximum atomic E-state index is 12.7. The molecule has 6 heteroatoms. The highest BCUT2D eigenvalue weighted by Gasteiger charge is 2.28. The van der Waals surface area contributed by atoms with E-state index in [9.17, 15) is 4.79 Å². The Bertz CT molecular complexity index is 903. The summed E-state index contributed by atoms with van der Waals surface area (Å²) in [6.45, 7) is 4.52. The summed E-state index contributed by atoms with van der Waals surface area (Å²) in [4.78, 5) is 22.0. The SMILES string of the molecule is CCCCCC1SCC(C(=O)Oc2ccc(-c3ncc([C@H]4CC[C@H](CCC)CC4)cn3)cc2)CS1. The Morgan fingerprint density at radius 1 is 0.914 bits per heavy atom. The van der Waals surface area contributed by atoms with Gasteiger partial charge in [-0.2, -0.15) is 0 Å². The van der Waals surface area contributed by atoms with Crippen LogP contribution in [-0.2, 0) is 4.79 Å². The van der Waals surface area contributed by atoms with Gasteiger partial charge in [0.25, 0.3) is 0 Å². The third-order valence-corrected chi connectivity index (χ3v) is 10.6. The minimum atomic E-state index is -0.112. The number of carbonyl (C=O) groups is 1. The minimum Gasteiger partial charge on any atom is -0.426 e. The lowest BCUT2D eigenvalue weighted by Crippen LogP contribution is -2.29. The molecule has 2 heterocycles. The first-order valence-electron chi connectivity index (χ1n) is 13.5. The van der Waals surface area contributed by atoms with Gasteiger partial charge in [-0.15, -0.1) is 23.5 Å². The average molecular weight is 513 g/mol. The van der Waals surface area contributed by atoms with Crippen LogP contribution in [-0.4, -0.2) is 32.0 Å². The topological polar surface area (TPSA) is 52.1 Å². The lowest BCUT2D eigenvalue weighted by molar-refractivity contribution is -0.137. The predicted molar refractivity (Wildman–Crippen MR) is 149 cm³/mol. The van der Waals surface area contributed by atoms with Gasteiger partial charge < -0.3 is 4.74 Å². The van der Waals surface area contributed by atoms with Gasteiger partial charge in [0.15, 0.2) is 5.82 Å². The number of aromatic nitrogens is 2. The summed E-state index contributed by atoms with van der Waals surface area (Å²) < 4.78 is 6.33. The molecule has 35 heavy (non-hydrogen) atoms. The molecule has 1 aromatic heterocycles. The Kier molecular flexibility index (Phi) is 10.4. The highest BCUT2D eigenvalue weighted by Crippen LogP contribution is 2.38. The zero-order valence-corrected chi connectivity index (χ0v) is 22.9. The van der Waals surface area contributed by atoms with E-state index in [1.54, 1.807) is 0 Å². The molecule has 190 valence electrons. The van der Waals surface area contributed by atoms with Crippen molar-refractivity contribution in [2.45, 2.75) is 88.6 Å². The number of hydrogen-bond acceptors (Lipinski definition) is 6. The van der Waals surface area contributed by atoms with Crippen LogP contribution < -0.4 is 4.74 Å². The molecular weight excluding hydrogens is 472 g/mol. The summed E-state index contributed by atoms with van der Waals surface area (Å²) in [7, 11) is 0. The maximum Gasteiger partial charge on any atom is 0.316 e. The highest BCUT2D eigenvalue weighted by atomic mass is 32.2. The van der Waals surface area contributed by atoms with E-state index in [0.29, 0.717) is 16.2 Å². The summed E-state index contributed by atoms with van der Waals surface area (Å²) in [5.41, 5.74) is 2.21. The number of nitrogens with zero attached hydrogens (tertiary/aromatic N) is 2. The van der Waals surface area contributed by atoms with Crippen LogP contribution in [0.3, 0.4) is 0 Å². The van der Waals surface area contributed by atoms with E-state index in [1.165, 1.54) is 69.8 Å². The normalized spacial score (nSPS) is 24.7. The molecule has 2 fully saturated rings. The van der Waals surface area contributed by atoms with Crippen LogP contribution in [0.15, 0.2) is 36.7 Å².